The summed E-state index contributed by atoms with van der Waals surface area (Å²) in [5.74, 6) is 0.209. The van der Waals surface area contributed by atoms with E-state index in [1.165, 1.54) is 16.7 Å². The van der Waals surface area contributed by atoms with Crippen molar-refractivity contribution < 1.29 is 5.11 Å². The second-order valence-corrected chi connectivity index (χ2v) is 6.14. The second-order valence-electron chi connectivity index (χ2n) is 6.14. The van der Waals surface area contributed by atoms with Crippen molar-refractivity contribution >= 4 is 0 Å². The molecule has 2 nitrogen and oxygen atoms in total. The van der Waals surface area contributed by atoms with Crippen molar-refractivity contribution in [1.29, 1.82) is 0 Å². The monoisotopic (exact) mass is 281 g/mol. The van der Waals surface area contributed by atoms with E-state index in [4.69, 9.17) is 0 Å². The number of aryl methyl sites for hydroxylation is 3. The lowest BCUT2D eigenvalue weighted by atomic mass is 9.81. The highest BCUT2D eigenvalue weighted by atomic mass is 16.3. The number of pyridine rings is 1. The van der Waals surface area contributed by atoms with Crippen LogP contribution in [0.15, 0.2) is 42.6 Å². The summed E-state index contributed by atoms with van der Waals surface area (Å²) in [6.07, 6.45) is 6.61. The molecule has 1 aromatic carbocycles. The molecule has 0 saturated heterocycles. The van der Waals surface area contributed by atoms with Crippen LogP contribution in [0.25, 0.3) is 0 Å². The molecule has 3 rings (SSSR count). The lowest BCUT2D eigenvalue weighted by Crippen LogP contribution is -2.24. The van der Waals surface area contributed by atoms with Crippen molar-refractivity contribution in [2.75, 3.05) is 0 Å². The van der Waals surface area contributed by atoms with Crippen molar-refractivity contribution in [1.82, 2.24) is 4.98 Å². The predicted octanol–water partition coefficient (Wildman–Crippen LogP) is 3.80. The first-order chi connectivity index (χ1) is 10.2. The number of fused-ring (bicyclic) bond motifs is 1. The van der Waals surface area contributed by atoms with E-state index in [-0.39, 0.29) is 12.0 Å². The van der Waals surface area contributed by atoms with E-state index in [1.807, 2.05) is 12.3 Å². The zero-order chi connectivity index (χ0) is 14.7. The van der Waals surface area contributed by atoms with Gasteiger partial charge < -0.3 is 5.11 Å². The third kappa shape index (κ3) is 3.33. The maximum absolute atomic E-state index is 10.6. The van der Waals surface area contributed by atoms with Gasteiger partial charge in [-0.05, 0) is 56.2 Å². The first-order valence-electron chi connectivity index (χ1n) is 7.91. The largest absolute Gasteiger partial charge is 0.392 e. The Morgan fingerprint density at radius 1 is 1.24 bits per heavy atom. The molecule has 0 saturated carbocycles. The van der Waals surface area contributed by atoms with Gasteiger partial charge in [-0.3, -0.25) is 4.98 Å². The minimum atomic E-state index is -0.291. The number of hydrogen-bond acceptors (Lipinski definition) is 2. The van der Waals surface area contributed by atoms with E-state index >= 15 is 0 Å². The van der Waals surface area contributed by atoms with Gasteiger partial charge in [-0.25, -0.2) is 0 Å². The Labute approximate surface area is 126 Å². The fourth-order valence-corrected chi connectivity index (χ4v) is 3.29. The Morgan fingerprint density at radius 2 is 2.05 bits per heavy atom. The summed E-state index contributed by atoms with van der Waals surface area (Å²) in [7, 11) is 0. The lowest BCUT2D eigenvalue weighted by molar-refractivity contribution is 0.123. The van der Waals surface area contributed by atoms with Gasteiger partial charge in [0.05, 0.1) is 6.10 Å². The molecule has 1 aromatic heterocycles. The molecule has 0 bridgehead atoms. The molecule has 1 heterocycles. The van der Waals surface area contributed by atoms with Gasteiger partial charge >= 0.3 is 0 Å². The van der Waals surface area contributed by atoms with Gasteiger partial charge in [-0.1, -0.05) is 35.9 Å². The average Bonchev–Trinajstić information content (AvgIpc) is 2.53. The molecule has 1 N–H and O–H groups in total. The highest BCUT2D eigenvalue weighted by molar-refractivity contribution is 5.27. The maximum atomic E-state index is 10.6. The molecular formula is C19H23NO. The topological polar surface area (TPSA) is 33.1 Å². The van der Waals surface area contributed by atoms with E-state index in [0.717, 1.165) is 37.8 Å². The standard InChI is InChI=1S/C19H23NO/c1-14-7-9-15(10-8-14)11-12-18(21)17-6-2-4-16-5-3-13-20-19(16)17/h3,5,7-10,13,17-18,21H,2,4,6,11-12H2,1H3. The predicted molar refractivity (Wildman–Crippen MR) is 85.4 cm³/mol. The van der Waals surface area contributed by atoms with Crippen molar-refractivity contribution in [3.05, 3.63) is 65.0 Å². The molecule has 0 aliphatic heterocycles. The minimum absolute atomic E-state index is 0.209. The summed E-state index contributed by atoms with van der Waals surface area (Å²) in [5.41, 5.74) is 5.03. The molecule has 21 heavy (non-hydrogen) atoms. The third-order valence-electron chi connectivity index (χ3n) is 4.55. The van der Waals surface area contributed by atoms with Gasteiger partial charge in [0.1, 0.15) is 0 Å². The normalized spacial score (nSPS) is 19.0. The fraction of sp³-hybridized carbons (Fsp3) is 0.421. The van der Waals surface area contributed by atoms with Crippen LogP contribution < -0.4 is 0 Å². The van der Waals surface area contributed by atoms with Crippen LogP contribution in [0.1, 0.15) is 47.6 Å². The molecule has 0 radical (unpaired) electrons. The van der Waals surface area contributed by atoms with E-state index in [9.17, 15) is 5.11 Å². The van der Waals surface area contributed by atoms with Crippen LogP contribution in [0.3, 0.4) is 0 Å². The Hall–Kier alpha value is -1.67. The molecule has 1 aliphatic rings. The summed E-state index contributed by atoms with van der Waals surface area (Å²) in [4.78, 5) is 4.53. The van der Waals surface area contributed by atoms with E-state index in [0.29, 0.717) is 0 Å². The molecule has 0 spiro atoms. The number of aromatic nitrogens is 1. The van der Waals surface area contributed by atoms with E-state index in [1.54, 1.807) is 0 Å². The van der Waals surface area contributed by atoms with Crippen LogP contribution >= 0.6 is 0 Å². The molecule has 2 aromatic rings. The lowest BCUT2D eigenvalue weighted by Gasteiger charge is -2.28. The average molecular weight is 281 g/mol. The highest BCUT2D eigenvalue weighted by Gasteiger charge is 2.27. The van der Waals surface area contributed by atoms with Crippen molar-refractivity contribution in [2.45, 2.75) is 51.0 Å². The van der Waals surface area contributed by atoms with Gasteiger partial charge in [0, 0.05) is 17.8 Å². The van der Waals surface area contributed by atoms with Gasteiger partial charge in [0.15, 0.2) is 0 Å². The Balaban J connectivity index is 1.66. The quantitative estimate of drug-likeness (QED) is 0.924. The van der Waals surface area contributed by atoms with Crippen LogP contribution in [-0.4, -0.2) is 16.2 Å². The molecule has 2 unspecified atom stereocenters. The number of nitrogens with zero attached hydrogens (tertiary/aromatic N) is 1. The van der Waals surface area contributed by atoms with E-state index in [2.05, 4.69) is 42.2 Å². The summed E-state index contributed by atoms with van der Waals surface area (Å²) >= 11 is 0. The Kier molecular flexibility index (Phi) is 4.35. The van der Waals surface area contributed by atoms with Crippen LogP contribution in [0.2, 0.25) is 0 Å². The van der Waals surface area contributed by atoms with Gasteiger partial charge in [0.2, 0.25) is 0 Å². The number of aliphatic hydroxyl groups is 1. The SMILES string of the molecule is Cc1ccc(CCC(O)C2CCCc3cccnc32)cc1. The summed E-state index contributed by atoms with van der Waals surface area (Å²) in [6.45, 7) is 2.10. The van der Waals surface area contributed by atoms with Crippen molar-refractivity contribution in [3.8, 4) is 0 Å². The number of rotatable bonds is 4. The van der Waals surface area contributed by atoms with E-state index < -0.39 is 0 Å². The van der Waals surface area contributed by atoms with Crippen LogP contribution in [0, 0.1) is 6.92 Å². The zero-order valence-electron chi connectivity index (χ0n) is 12.6. The minimum Gasteiger partial charge on any atom is -0.392 e. The smallest absolute Gasteiger partial charge is 0.0627 e. The summed E-state index contributed by atoms with van der Waals surface area (Å²) in [6, 6.07) is 12.8. The van der Waals surface area contributed by atoms with Gasteiger partial charge in [-0.2, -0.15) is 0 Å². The molecule has 0 fully saturated rings. The first-order valence-corrected chi connectivity index (χ1v) is 7.91. The van der Waals surface area contributed by atoms with Gasteiger partial charge in [0.25, 0.3) is 0 Å². The maximum Gasteiger partial charge on any atom is 0.0627 e. The Bertz CT molecular complexity index is 591. The number of hydrogen-bond donors (Lipinski definition) is 1. The molecular weight excluding hydrogens is 258 g/mol. The van der Waals surface area contributed by atoms with Gasteiger partial charge in [-0.15, -0.1) is 0 Å². The fourth-order valence-electron chi connectivity index (χ4n) is 3.29. The number of benzene rings is 1. The van der Waals surface area contributed by atoms with Crippen LogP contribution in [0.5, 0.6) is 0 Å². The van der Waals surface area contributed by atoms with Crippen LogP contribution in [-0.2, 0) is 12.8 Å². The number of aliphatic hydroxyl groups excluding tert-OH is 1. The summed E-state index contributed by atoms with van der Waals surface area (Å²) in [5, 5.41) is 10.6. The summed E-state index contributed by atoms with van der Waals surface area (Å²) < 4.78 is 0. The molecule has 2 heteroatoms. The highest BCUT2D eigenvalue weighted by Crippen LogP contribution is 2.33. The zero-order valence-corrected chi connectivity index (χ0v) is 12.6. The first kappa shape index (κ1) is 14.3. The van der Waals surface area contributed by atoms with Crippen molar-refractivity contribution in [3.63, 3.8) is 0 Å². The van der Waals surface area contributed by atoms with Crippen molar-refractivity contribution in [2.24, 2.45) is 0 Å². The Morgan fingerprint density at radius 3 is 2.86 bits per heavy atom. The second kappa shape index (κ2) is 6.40. The molecule has 2 atom stereocenters. The molecule has 1 aliphatic carbocycles. The molecule has 0 amide bonds. The van der Waals surface area contributed by atoms with Crippen LogP contribution in [0.4, 0.5) is 0 Å². The molecule has 110 valence electrons. The third-order valence-corrected chi connectivity index (χ3v) is 4.55.